The van der Waals surface area contributed by atoms with Crippen molar-refractivity contribution in [3.63, 3.8) is 0 Å². The summed E-state index contributed by atoms with van der Waals surface area (Å²) in [5.74, 6) is 1.32. The molecule has 1 aromatic heterocycles. The number of fused-ring (bicyclic) bond motifs is 1. The number of nitrogens with one attached hydrogen (secondary N) is 1. The van der Waals surface area contributed by atoms with E-state index in [-0.39, 0.29) is 12.0 Å². The van der Waals surface area contributed by atoms with Crippen LogP contribution in [0.3, 0.4) is 0 Å². The Bertz CT molecular complexity index is 641. The normalized spacial score (nSPS) is 16.4. The van der Waals surface area contributed by atoms with Crippen LogP contribution in [0.15, 0.2) is 34.9 Å². The minimum atomic E-state index is -0.242. The predicted molar refractivity (Wildman–Crippen MR) is 80.8 cm³/mol. The van der Waals surface area contributed by atoms with Gasteiger partial charge in [-0.1, -0.05) is 23.4 Å². The lowest BCUT2D eigenvalue weighted by Gasteiger charge is -2.10. The van der Waals surface area contributed by atoms with E-state index in [4.69, 9.17) is 9.26 Å². The Morgan fingerprint density at radius 3 is 3.00 bits per heavy atom. The zero-order valence-corrected chi connectivity index (χ0v) is 12.7. The van der Waals surface area contributed by atoms with E-state index in [0.29, 0.717) is 24.5 Å². The molecule has 0 aliphatic carbocycles. The Labute approximate surface area is 129 Å². The van der Waals surface area contributed by atoms with Crippen LogP contribution in [-0.2, 0) is 13.0 Å². The lowest BCUT2D eigenvalue weighted by atomic mass is 10.1. The standard InChI is InChI=1S/C16H19N3O3/c1-19(2)10-13-8-14(18-22-13)16(20)17-9-12-7-11-5-3-4-6-15(11)21-12/h3-6,8,12H,7,9-10H2,1-2H3,(H,17,20). The number of nitrogens with zero attached hydrogens (tertiary/aromatic N) is 2. The molecule has 0 saturated heterocycles. The first kappa shape index (κ1) is 14.6. The zero-order valence-electron chi connectivity index (χ0n) is 12.7. The van der Waals surface area contributed by atoms with E-state index in [1.165, 1.54) is 5.56 Å². The molecule has 6 nitrogen and oxygen atoms in total. The number of carbonyl (C=O) groups excluding carboxylic acids is 1. The first-order valence-electron chi connectivity index (χ1n) is 7.25. The summed E-state index contributed by atoms with van der Waals surface area (Å²) < 4.78 is 10.9. The van der Waals surface area contributed by atoms with Crippen molar-refractivity contribution in [2.75, 3.05) is 20.6 Å². The highest BCUT2D eigenvalue weighted by molar-refractivity contribution is 5.92. The Morgan fingerprint density at radius 2 is 2.23 bits per heavy atom. The third kappa shape index (κ3) is 3.28. The summed E-state index contributed by atoms with van der Waals surface area (Å²) in [6, 6.07) is 9.59. The van der Waals surface area contributed by atoms with Gasteiger partial charge in [0.15, 0.2) is 11.5 Å². The van der Waals surface area contributed by atoms with E-state index in [0.717, 1.165) is 12.2 Å². The number of para-hydroxylation sites is 1. The molecule has 1 unspecified atom stereocenters. The number of carbonyl (C=O) groups is 1. The number of rotatable bonds is 5. The topological polar surface area (TPSA) is 67.6 Å². The second kappa shape index (κ2) is 6.19. The van der Waals surface area contributed by atoms with Crippen molar-refractivity contribution < 1.29 is 14.1 Å². The van der Waals surface area contributed by atoms with Crippen molar-refractivity contribution in [2.45, 2.75) is 19.1 Å². The fourth-order valence-corrected chi connectivity index (χ4v) is 2.47. The summed E-state index contributed by atoms with van der Waals surface area (Å²) in [6.07, 6.45) is 0.774. The summed E-state index contributed by atoms with van der Waals surface area (Å²) in [5, 5.41) is 6.64. The van der Waals surface area contributed by atoms with Gasteiger partial charge in [-0.2, -0.15) is 0 Å². The van der Waals surface area contributed by atoms with E-state index in [1.807, 2.05) is 43.3 Å². The number of ether oxygens (including phenoxy) is 1. The molecule has 0 radical (unpaired) electrons. The van der Waals surface area contributed by atoms with E-state index in [1.54, 1.807) is 6.07 Å². The SMILES string of the molecule is CN(C)Cc1cc(C(=O)NCC2Cc3ccccc3O2)no1. The van der Waals surface area contributed by atoms with Gasteiger partial charge in [0.1, 0.15) is 11.9 Å². The molecule has 1 atom stereocenters. The molecule has 2 heterocycles. The molecule has 0 spiro atoms. The Morgan fingerprint density at radius 1 is 1.41 bits per heavy atom. The molecular formula is C16H19N3O3. The lowest BCUT2D eigenvalue weighted by molar-refractivity contribution is 0.0924. The third-order valence-corrected chi connectivity index (χ3v) is 3.47. The monoisotopic (exact) mass is 301 g/mol. The van der Waals surface area contributed by atoms with Crippen LogP contribution < -0.4 is 10.1 Å². The van der Waals surface area contributed by atoms with Gasteiger partial charge in [-0.15, -0.1) is 0 Å². The van der Waals surface area contributed by atoms with Gasteiger partial charge in [0, 0.05) is 12.5 Å². The third-order valence-electron chi connectivity index (χ3n) is 3.47. The molecular weight excluding hydrogens is 282 g/mol. The molecule has 116 valence electrons. The van der Waals surface area contributed by atoms with Gasteiger partial charge >= 0.3 is 0 Å². The molecule has 1 aliphatic heterocycles. The summed E-state index contributed by atoms with van der Waals surface area (Å²) >= 11 is 0. The summed E-state index contributed by atoms with van der Waals surface area (Å²) in [6.45, 7) is 1.06. The maximum atomic E-state index is 12.1. The molecule has 2 aromatic rings. The van der Waals surface area contributed by atoms with Gasteiger partial charge in [0.25, 0.3) is 5.91 Å². The Hall–Kier alpha value is -2.34. The molecule has 1 N–H and O–H groups in total. The van der Waals surface area contributed by atoms with Crippen molar-refractivity contribution in [1.29, 1.82) is 0 Å². The fourth-order valence-electron chi connectivity index (χ4n) is 2.47. The molecule has 1 amide bonds. The van der Waals surface area contributed by atoms with Crippen LogP contribution in [0.25, 0.3) is 0 Å². The van der Waals surface area contributed by atoms with Gasteiger partial charge < -0.3 is 19.5 Å². The van der Waals surface area contributed by atoms with Gasteiger partial charge in [0.2, 0.25) is 0 Å². The molecule has 3 rings (SSSR count). The largest absolute Gasteiger partial charge is 0.488 e. The quantitative estimate of drug-likeness (QED) is 0.906. The van der Waals surface area contributed by atoms with Crippen LogP contribution >= 0.6 is 0 Å². The van der Waals surface area contributed by atoms with Crippen LogP contribution in [0.5, 0.6) is 5.75 Å². The zero-order chi connectivity index (χ0) is 15.5. The Kier molecular flexibility index (Phi) is 4.11. The number of amides is 1. The maximum Gasteiger partial charge on any atom is 0.273 e. The van der Waals surface area contributed by atoms with Crippen LogP contribution in [0.2, 0.25) is 0 Å². The van der Waals surface area contributed by atoms with E-state index >= 15 is 0 Å². The smallest absolute Gasteiger partial charge is 0.273 e. The van der Waals surface area contributed by atoms with Gasteiger partial charge in [-0.3, -0.25) is 4.79 Å². The minimum absolute atomic E-state index is 0.0329. The molecule has 0 bridgehead atoms. The van der Waals surface area contributed by atoms with E-state index in [9.17, 15) is 4.79 Å². The molecule has 6 heteroatoms. The summed E-state index contributed by atoms with van der Waals surface area (Å²) in [5.41, 5.74) is 1.48. The molecule has 1 aliphatic rings. The minimum Gasteiger partial charge on any atom is -0.488 e. The van der Waals surface area contributed by atoms with Crippen LogP contribution in [-0.4, -0.2) is 42.7 Å². The summed E-state index contributed by atoms with van der Waals surface area (Å²) in [7, 11) is 3.86. The second-order valence-electron chi connectivity index (χ2n) is 5.68. The van der Waals surface area contributed by atoms with Gasteiger partial charge in [-0.05, 0) is 25.7 Å². The van der Waals surface area contributed by atoms with E-state index in [2.05, 4.69) is 10.5 Å². The van der Waals surface area contributed by atoms with Crippen molar-refractivity contribution in [2.24, 2.45) is 0 Å². The number of hydrogen-bond donors (Lipinski definition) is 1. The number of aromatic nitrogens is 1. The lowest BCUT2D eigenvalue weighted by Crippen LogP contribution is -2.34. The Balaban J connectivity index is 1.52. The number of benzene rings is 1. The second-order valence-corrected chi connectivity index (χ2v) is 5.68. The van der Waals surface area contributed by atoms with Crippen molar-refractivity contribution in [1.82, 2.24) is 15.4 Å². The van der Waals surface area contributed by atoms with Crippen molar-refractivity contribution in [3.8, 4) is 5.75 Å². The fraction of sp³-hybridized carbons (Fsp3) is 0.375. The highest BCUT2D eigenvalue weighted by atomic mass is 16.5. The average molecular weight is 301 g/mol. The highest BCUT2D eigenvalue weighted by Gasteiger charge is 2.23. The first-order chi connectivity index (χ1) is 10.6. The number of hydrogen-bond acceptors (Lipinski definition) is 5. The average Bonchev–Trinajstić information content (AvgIpc) is 3.10. The van der Waals surface area contributed by atoms with Crippen LogP contribution in [0.4, 0.5) is 0 Å². The molecule has 0 fully saturated rings. The first-order valence-corrected chi connectivity index (χ1v) is 7.25. The maximum absolute atomic E-state index is 12.1. The van der Waals surface area contributed by atoms with Crippen molar-refractivity contribution >= 4 is 5.91 Å². The van der Waals surface area contributed by atoms with Gasteiger partial charge in [0.05, 0.1) is 13.1 Å². The van der Waals surface area contributed by atoms with Crippen LogP contribution in [0.1, 0.15) is 21.8 Å². The molecule has 1 aromatic carbocycles. The van der Waals surface area contributed by atoms with Gasteiger partial charge in [-0.25, -0.2) is 0 Å². The summed E-state index contributed by atoms with van der Waals surface area (Å²) in [4.78, 5) is 14.0. The molecule has 22 heavy (non-hydrogen) atoms. The van der Waals surface area contributed by atoms with E-state index < -0.39 is 0 Å². The molecule has 0 saturated carbocycles. The predicted octanol–water partition coefficient (Wildman–Crippen LogP) is 1.47. The highest BCUT2D eigenvalue weighted by Crippen LogP contribution is 2.27. The van der Waals surface area contributed by atoms with Crippen molar-refractivity contribution in [3.05, 3.63) is 47.3 Å². The van der Waals surface area contributed by atoms with Crippen LogP contribution in [0, 0.1) is 0 Å².